The zero-order valence-corrected chi connectivity index (χ0v) is 16.2. The highest BCUT2D eigenvalue weighted by molar-refractivity contribution is 7.99. The van der Waals surface area contributed by atoms with Gasteiger partial charge in [-0.25, -0.2) is 4.98 Å². The maximum Gasteiger partial charge on any atom is 0.209 e. The van der Waals surface area contributed by atoms with E-state index in [4.69, 9.17) is 0 Å². The quantitative estimate of drug-likeness (QED) is 0.355. The summed E-state index contributed by atoms with van der Waals surface area (Å²) in [6, 6.07) is 25.9. The first-order valence-corrected chi connectivity index (χ1v) is 9.98. The van der Waals surface area contributed by atoms with Crippen molar-refractivity contribution in [1.29, 1.82) is 0 Å². The number of thioether (sulfide) groups is 1. The largest absolute Gasteiger partial charge is 0.293 e. The monoisotopic (exact) mass is 385 g/mol. The molecule has 4 rings (SSSR count). The van der Waals surface area contributed by atoms with Crippen LogP contribution in [0.3, 0.4) is 0 Å². The summed E-state index contributed by atoms with van der Waals surface area (Å²) in [4.78, 5) is 17.0. The number of carbonyl (C=O) groups excluding carboxylic acids is 1. The SMILES string of the molecule is Cc1ccc(-c2nc(SCC(=O)c3ccc(-c4ccccc4)cc3)n[nH]2)cc1. The molecule has 4 aromatic rings. The molecule has 0 saturated heterocycles. The van der Waals surface area contributed by atoms with Crippen LogP contribution >= 0.6 is 11.8 Å². The lowest BCUT2D eigenvalue weighted by atomic mass is 10.0. The molecule has 0 atom stereocenters. The Morgan fingerprint density at radius 1 is 0.857 bits per heavy atom. The van der Waals surface area contributed by atoms with Crippen LogP contribution in [0.5, 0.6) is 0 Å². The Morgan fingerprint density at radius 3 is 2.21 bits per heavy atom. The lowest BCUT2D eigenvalue weighted by Gasteiger charge is -2.03. The molecule has 5 heteroatoms. The van der Waals surface area contributed by atoms with Crippen molar-refractivity contribution < 1.29 is 4.79 Å². The summed E-state index contributed by atoms with van der Waals surface area (Å²) >= 11 is 1.34. The van der Waals surface area contributed by atoms with Gasteiger partial charge in [0.1, 0.15) is 0 Å². The number of carbonyl (C=O) groups is 1. The maximum atomic E-state index is 12.5. The fourth-order valence-corrected chi connectivity index (χ4v) is 3.54. The third kappa shape index (κ3) is 4.21. The van der Waals surface area contributed by atoms with Gasteiger partial charge in [-0.15, -0.1) is 5.10 Å². The number of aromatic nitrogens is 3. The van der Waals surface area contributed by atoms with Crippen molar-refractivity contribution in [1.82, 2.24) is 15.2 Å². The van der Waals surface area contributed by atoms with E-state index in [9.17, 15) is 4.79 Å². The molecule has 3 aromatic carbocycles. The van der Waals surface area contributed by atoms with E-state index in [2.05, 4.69) is 27.3 Å². The summed E-state index contributed by atoms with van der Waals surface area (Å²) in [7, 11) is 0. The zero-order valence-electron chi connectivity index (χ0n) is 15.4. The second kappa shape index (κ2) is 8.23. The Balaban J connectivity index is 1.39. The molecular formula is C23H19N3OS. The molecule has 1 N–H and O–H groups in total. The van der Waals surface area contributed by atoms with E-state index in [1.54, 1.807) is 0 Å². The fraction of sp³-hybridized carbons (Fsp3) is 0.0870. The van der Waals surface area contributed by atoms with Crippen molar-refractivity contribution in [3.05, 3.63) is 90.0 Å². The summed E-state index contributed by atoms with van der Waals surface area (Å²) in [5, 5.41) is 7.72. The number of H-pyrrole nitrogens is 1. The fourth-order valence-electron chi connectivity index (χ4n) is 2.84. The number of benzene rings is 3. The minimum atomic E-state index is 0.0614. The van der Waals surface area contributed by atoms with Gasteiger partial charge >= 0.3 is 0 Å². The van der Waals surface area contributed by atoms with Crippen molar-refractivity contribution in [2.24, 2.45) is 0 Å². The number of nitrogens with zero attached hydrogens (tertiary/aromatic N) is 2. The van der Waals surface area contributed by atoms with Crippen molar-refractivity contribution in [3.8, 4) is 22.5 Å². The van der Waals surface area contributed by atoms with E-state index >= 15 is 0 Å². The van der Waals surface area contributed by atoms with Gasteiger partial charge in [-0.1, -0.05) is 96.2 Å². The van der Waals surface area contributed by atoms with Crippen LogP contribution in [0.1, 0.15) is 15.9 Å². The molecule has 0 aliphatic heterocycles. The highest BCUT2D eigenvalue weighted by Crippen LogP contribution is 2.22. The van der Waals surface area contributed by atoms with Gasteiger partial charge in [-0.2, -0.15) is 0 Å². The molecule has 1 aromatic heterocycles. The van der Waals surface area contributed by atoms with Crippen LogP contribution in [0, 0.1) is 6.92 Å². The van der Waals surface area contributed by atoms with Crippen LogP contribution in [-0.4, -0.2) is 26.7 Å². The number of nitrogens with one attached hydrogen (secondary N) is 1. The van der Waals surface area contributed by atoms with Gasteiger partial charge in [0.15, 0.2) is 11.6 Å². The number of hydrogen-bond acceptors (Lipinski definition) is 4. The molecule has 0 saturated carbocycles. The third-order valence-corrected chi connectivity index (χ3v) is 5.28. The average Bonchev–Trinajstić information content (AvgIpc) is 3.22. The average molecular weight is 385 g/mol. The van der Waals surface area contributed by atoms with Crippen LogP contribution in [0.2, 0.25) is 0 Å². The summed E-state index contributed by atoms with van der Waals surface area (Å²) in [5.41, 5.74) is 5.11. The van der Waals surface area contributed by atoms with Crippen LogP contribution in [0.25, 0.3) is 22.5 Å². The Morgan fingerprint density at radius 2 is 1.50 bits per heavy atom. The lowest BCUT2D eigenvalue weighted by molar-refractivity contribution is 0.102. The number of rotatable bonds is 6. The van der Waals surface area contributed by atoms with Crippen LogP contribution in [-0.2, 0) is 0 Å². The number of Topliss-reactive ketones (excluding diaryl/α,β-unsaturated/α-hetero) is 1. The van der Waals surface area contributed by atoms with Crippen LogP contribution in [0.4, 0.5) is 0 Å². The first kappa shape index (κ1) is 18.2. The van der Waals surface area contributed by atoms with E-state index in [0.29, 0.717) is 22.3 Å². The Hall–Kier alpha value is -3.18. The Kier molecular flexibility index (Phi) is 5.35. The molecule has 4 nitrogen and oxygen atoms in total. The highest BCUT2D eigenvalue weighted by Gasteiger charge is 2.11. The smallest absolute Gasteiger partial charge is 0.209 e. The van der Waals surface area contributed by atoms with Crippen molar-refractivity contribution in [2.45, 2.75) is 12.1 Å². The minimum absolute atomic E-state index is 0.0614. The molecule has 0 amide bonds. The van der Waals surface area contributed by atoms with E-state index in [-0.39, 0.29) is 5.78 Å². The maximum absolute atomic E-state index is 12.5. The van der Waals surface area contributed by atoms with E-state index < -0.39 is 0 Å². The second-order valence-corrected chi connectivity index (χ2v) is 7.43. The summed E-state index contributed by atoms with van der Waals surface area (Å²) in [5.74, 6) is 1.07. The summed E-state index contributed by atoms with van der Waals surface area (Å²) in [6.07, 6.45) is 0. The van der Waals surface area contributed by atoms with Crippen molar-refractivity contribution >= 4 is 17.5 Å². The molecule has 138 valence electrons. The first-order valence-electron chi connectivity index (χ1n) is 9.00. The van der Waals surface area contributed by atoms with E-state index in [1.807, 2.05) is 73.7 Å². The molecule has 0 spiro atoms. The molecule has 28 heavy (non-hydrogen) atoms. The minimum Gasteiger partial charge on any atom is -0.293 e. The van der Waals surface area contributed by atoms with Crippen LogP contribution < -0.4 is 0 Å². The van der Waals surface area contributed by atoms with E-state index in [0.717, 1.165) is 16.7 Å². The normalized spacial score (nSPS) is 10.8. The highest BCUT2D eigenvalue weighted by atomic mass is 32.2. The van der Waals surface area contributed by atoms with Gasteiger partial charge in [-0.05, 0) is 18.1 Å². The number of aromatic amines is 1. The second-order valence-electron chi connectivity index (χ2n) is 6.49. The molecule has 0 fully saturated rings. The third-order valence-electron chi connectivity index (χ3n) is 4.44. The topological polar surface area (TPSA) is 58.6 Å². The zero-order chi connectivity index (χ0) is 19.3. The van der Waals surface area contributed by atoms with Gasteiger partial charge in [0, 0.05) is 11.1 Å². The molecule has 0 aliphatic carbocycles. The summed E-state index contributed by atoms with van der Waals surface area (Å²) in [6.45, 7) is 2.05. The van der Waals surface area contributed by atoms with Crippen LogP contribution in [0.15, 0.2) is 84.0 Å². The molecule has 0 bridgehead atoms. The standard InChI is InChI=1S/C23H19N3OS/c1-16-7-9-20(10-8-16)22-24-23(26-25-22)28-15-21(27)19-13-11-18(12-14-19)17-5-3-2-4-6-17/h2-14H,15H2,1H3,(H,24,25,26). The number of ketones is 1. The van der Waals surface area contributed by atoms with Gasteiger partial charge in [0.2, 0.25) is 5.16 Å². The lowest BCUT2D eigenvalue weighted by Crippen LogP contribution is -2.02. The van der Waals surface area contributed by atoms with Crippen molar-refractivity contribution in [3.63, 3.8) is 0 Å². The molecule has 1 heterocycles. The number of aryl methyl sites for hydroxylation is 1. The van der Waals surface area contributed by atoms with Crippen molar-refractivity contribution in [2.75, 3.05) is 5.75 Å². The Labute approximate surface area is 168 Å². The summed E-state index contributed by atoms with van der Waals surface area (Å²) < 4.78 is 0. The van der Waals surface area contributed by atoms with Gasteiger partial charge in [0.05, 0.1) is 5.75 Å². The molecular weight excluding hydrogens is 366 g/mol. The molecule has 0 radical (unpaired) electrons. The molecule has 0 unspecified atom stereocenters. The van der Waals surface area contributed by atoms with E-state index in [1.165, 1.54) is 17.3 Å². The number of hydrogen-bond donors (Lipinski definition) is 1. The van der Waals surface area contributed by atoms with Gasteiger partial charge < -0.3 is 0 Å². The van der Waals surface area contributed by atoms with Gasteiger partial charge in [-0.3, -0.25) is 9.89 Å². The predicted molar refractivity (Wildman–Crippen MR) is 113 cm³/mol. The molecule has 0 aliphatic rings. The van der Waals surface area contributed by atoms with Gasteiger partial charge in [0.25, 0.3) is 0 Å². The predicted octanol–water partition coefficient (Wildman–Crippen LogP) is 5.42. The Bertz CT molecular complexity index is 1070. The first-order chi connectivity index (χ1) is 13.7.